The molecule has 4 heterocycles. The summed E-state index contributed by atoms with van der Waals surface area (Å²) in [5, 5.41) is 7.68. The number of nitrogens with one attached hydrogen (secondary N) is 1. The van der Waals surface area contributed by atoms with Crippen LogP contribution in [0.3, 0.4) is 0 Å². The molecule has 5 rings (SSSR count). The van der Waals surface area contributed by atoms with Crippen molar-refractivity contribution in [2.45, 2.75) is 26.3 Å². The fourth-order valence-electron chi connectivity index (χ4n) is 3.79. The first kappa shape index (κ1) is 18.3. The maximum atomic E-state index is 12.9. The average molecular weight is 399 g/mol. The summed E-state index contributed by atoms with van der Waals surface area (Å²) in [5.74, 6) is 1.27. The fraction of sp³-hybridized carbons (Fsp3) is 0.217. The Labute approximate surface area is 173 Å². The molecule has 0 fully saturated rings. The van der Waals surface area contributed by atoms with Crippen LogP contribution in [0.4, 0.5) is 0 Å². The molecule has 1 aromatic carbocycles. The van der Waals surface area contributed by atoms with Gasteiger partial charge in [0.05, 0.1) is 18.2 Å². The van der Waals surface area contributed by atoms with Crippen LogP contribution in [0.25, 0.3) is 17.0 Å². The second-order valence-corrected chi connectivity index (χ2v) is 7.44. The molecule has 7 nitrogen and oxygen atoms in total. The Morgan fingerprint density at radius 2 is 1.97 bits per heavy atom. The smallest absolute Gasteiger partial charge is 0.253 e. The Balaban J connectivity index is 1.42. The Bertz CT molecular complexity index is 1260. The van der Waals surface area contributed by atoms with Crippen LogP contribution >= 0.6 is 0 Å². The van der Waals surface area contributed by atoms with Crippen LogP contribution in [0.2, 0.25) is 0 Å². The van der Waals surface area contributed by atoms with E-state index in [1.807, 2.05) is 50.2 Å². The molecule has 1 aliphatic heterocycles. The number of rotatable bonds is 3. The zero-order chi connectivity index (χ0) is 20.7. The number of hydrogen-bond donors (Lipinski definition) is 1. The molecular formula is C23H21N5O2. The van der Waals surface area contributed by atoms with Crippen molar-refractivity contribution in [3.8, 4) is 17.1 Å². The van der Waals surface area contributed by atoms with Crippen LogP contribution in [-0.2, 0) is 0 Å². The monoisotopic (exact) mass is 399 g/mol. The van der Waals surface area contributed by atoms with E-state index in [1.165, 1.54) is 0 Å². The van der Waals surface area contributed by atoms with Gasteiger partial charge in [0, 0.05) is 35.1 Å². The van der Waals surface area contributed by atoms with Gasteiger partial charge in [-0.2, -0.15) is 0 Å². The summed E-state index contributed by atoms with van der Waals surface area (Å²) >= 11 is 0. The van der Waals surface area contributed by atoms with Crippen molar-refractivity contribution in [2.24, 2.45) is 0 Å². The van der Waals surface area contributed by atoms with E-state index in [4.69, 9.17) is 4.74 Å². The van der Waals surface area contributed by atoms with Gasteiger partial charge in [0.2, 0.25) is 0 Å². The van der Waals surface area contributed by atoms with Crippen LogP contribution in [-0.4, -0.2) is 32.1 Å². The van der Waals surface area contributed by atoms with E-state index in [2.05, 4.69) is 20.4 Å². The molecule has 1 amide bonds. The number of para-hydroxylation sites is 1. The third kappa shape index (κ3) is 3.28. The summed E-state index contributed by atoms with van der Waals surface area (Å²) < 4.78 is 7.32. The van der Waals surface area contributed by atoms with Crippen LogP contribution in [0.5, 0.6) is 5.75 Å². The predicted octanol–water partition coefficient (Wildman–Crippen LogP) is 3.66. The molecule has 4 aromatic rings. The van der Waals surface area contributed by atoms with E-state index >= 15 is 0 Å². The zero-order valence-electron chi connectivity index (χ0n) is 16.8. The second kappa shape index (κ2) is 7.26. The highest BCUT2D eigenvalue weighted by Crippen LogP contribution is 2.31. The number of carbonyl (C=O) groups is 1. The molecule has 150 valence electrons. The number of hydrogen-bond acceptors (Lipinski definition) is 5. The van der Waals surface area contributed by atoms with Crippen LogP contribution in [0, 0.1) is 13.8 Å². The molecule has 0 spiro atoms. The van der Waals surface area contributed by atoms with Crippen molar-refractivity contribution in [3.63, 3.8) is 0 Å². The summed E-state index contributed by atoms with van der Waals surface area (Å²) in [5.41, 5.74) is 4.92. The maximum absolute atomic E-state index is 12.9. The highest BCUT2D eigenvalue weighted by molar-refractivity contribution is 5.94. The highest BCUT2D eigenvalue weighted by Gasteiger charge is 2.23. The van der Waals surface area contributed by atoms with Gasteiger partial charge in [-0.3, -0.25) is 9.78 Å². The number of nitrogens with zero attached hydrogens (tertiary/aromatic N) is 4. The molecule has 0 saturated heterocycles. The van der Waals surface area contributed by atoms with Crippen molar-refractivity contribution in [1.82, 2.24) is 24.9 Å². The Morgan fingerprint density at radius 3 is 2.83 bits per heavy atom. The summed E-state index contributed by atoms with van der Waals surface area (Å²) in [6, 6.07) is 15.2. The maximum Gasteiger partial charge on any atom is 0.253 e. The van der Waals surface area contributed by atoms with Gasteiger partial charge < -0.3 is 10.1 Å². The van der Waals surface area contributed by atoms with Crippen molar-refractivity contribution in [3.05, 3.63) is 77.2 Å². The lowest BCUT2D eigenvalue weighted by atomic mass is 10.0. The quantitative estimate of drug-likeness (QED) is 0.569. The molecule has 1 atom stereocenters. The number of pyridine rings is 2. The first-order valence-electron chi connectivity index (χ1n) is 9.92. The molecule has 0 saturated carbocycles. The minimum Gasteiger partial charge on any atom is -0.493 e. The molecule has 30 heavy (non-hydrogen) atoms. The van der Waals surface area contributed by atoms with E-state index < -0.39 is 0 Å². The average Bonchev–Trinajstić information content (AvgIpc) is 3.17. The standard InChI is InChI=1S/C23H21N5O2/c1-14-7-9-17(15(2)24-14)22-26-21-10-8-16(13-28(21)27-22)23(29)25-19-11-12-30-20-6-4-3-5-18(19)20/h3-10,13,19H,11-12H2,1-2H3,(H,25,29)/t19-/m0/s1. The van der Waals surface area contributed by atoms with E-state index in [1.54, 1.807) is 22.8 Å². The normalized spacial score (nSPS) is 15.5. The van der Waals surface area contributed by atoms with Gasteiger partial charge >= 0.3 is 0 Å². The largest absolute Gasteiger partial charge is 0.493 e. The van der Waals surface area contributed by atoms with E-state index in [0.717, 1.165) is 34.7 Å². The number of benzene rings is 1. The molecular weight excluding hydrogens is 378 g/mol. The summed E-state index contributed by atoms with van der Waals surface area (Å²) in [6.07, 6.45) is 2.45. The number of ether oxygens (including phenoxy) is 1. The summed E-state index contributed by atoms with van der Waals surface area (Å²) in [7, 11) is 0. The van der Waals surface area contributed by atoms with Gasteiger partial charge in [0.1, 0.15) is 5.75 Å². The lowest BCUT2D eigenvalue weighted by molar-refractivity contribution is 0.0924. The van der Waals surface area contributed by atoms with E-state index in [0.29, 0.717) is 23.6 Å². The lowest BCUT2D eigenvalue weighted by Crippen LogP contribution is -2.32. The Kier molecular flexibility index (Phi) is 4.43. The highest BCUT2D eigenvalue weighted by atomic mass is 16.5. The lowest BCUT2D eigenvalue weighted by Gasteiger charge is -2.26. The van der Waals surface area contributed by atoms with Gasteiger partial charge in [-0.25, -0.2) is 9.50 Å². The van der Waals surface area contributed by atoms with Gasteiger partial charge in [-0.1, -0.05) is 18.2 Å². The van der Waals surface area contributed by atoms with Crippen molar-refractivity contribution in [1.29, 1.82) is 0 Å². The molecule has 0 bridgehead atoms. The Morgan fingerprint density at radius 1 is 1.10 bits per heavy atom. The van der Waals surface area contributed by atoms with Crippen LogP contribution in [0.1, 0.15) is 39.8 Å². The molecule has 0 aliphatic carbocycles. The van der Waals surface area contributed by atoms with E-state index in [-0.39, 0.29) is 11.9 Å². The predicted molar refractivity (Wildman–Crippen MR) is 112 cm³/mol. The topological polar surface area (TPSA) is 81.4 Å². The minimum absolute atomic E-state index is 0.0780. The van der Waals surface area contributed by atoms with Gasteiger partial charge in [-0.15, -0.1) is 5.10 Å². The summed E-state index contributed by atoms with van der Waals surface area (Å²) in [6.45, 7) is 4.48. The van der Waals surface area contributed by atoms with Crippen molar-refractivity contribution in [2.75, 3.05) is 6.61 Å². The number of carbonyl (C=O) groups excluding carboxylic acids is 1. The molecule has 3 aromatic heterocycles. The molecule has 0 radical (unpaired) electrons. The number of aryl methyl sites for hydroxylation is 2. The molecule has 7 heteroatoms. The third-order valence-electron chi connectivity index (χ3n) is 5.32. The third-order valence-corrected chi connectivity index (χ3v) is 5.32. The first-order chi connectivity index (χ1) is 14.6. The minimum atomic E-state index is -0.149. The van der Waals surface area contributed by atoms with Gasteiger partial charge in [0.25, 0.3) is 5.91 Å². The number of aromatic nitrogens is 4. The van der Waals surface area contributed by atoms with Crippen LogP contribution in [0.15, 0.2) is 54.7 Å². The van der Waals surface area contributed by atoms with E-state index in [9.17, 15) is 4.79 Å². The SMILES string of the molecule is Cc1ccc(-c2nc3ccc(C(=O)N[C@H]4CCOc5ccccc54)cn3n2)c(C)n1. The first-order valence-corrected chi connectivity index (χ1v) is 9.92. The molecule has 1 aliphatic rings. The Hall–Kier alpha value is -3.74. The molecule has 1 N–H and O–H groups in total. The van der Waals surface area contributed by atoms with Crippen molar-refractivity contribution < 1.29 is 9.53 Å². The summed E-state index contributed by atoms with van der Waals surface area (Å²) in [4.78, 5) is 22.0. The molecule has 0 unspecified atom stereocenters. The van der Waals surface area contributed by atoms with Gasteiger partial charge in [-0.05, 0) is 44.2 Å². The number of fused-ring (bicyclic) bond motifs is 2. The van der Waals surface area contributed by atoms with Gasteiger partial charge in [0.15, 0.2) is 11.5 Å². The number of amides is 1. The van der Waals surface area contributed by atoms with Crippen LogP contribution < -0.4 is 10.1 Å². The second-order valence-electron chi connectivity index (χ2n) is 7.44. The van der Waals surface area contributed by atoms with Crippen molar-refractivity contribution >= 4 is 11.6 Å². The zero-order valence-corrected chi connectivity index (χ0v) is 16.8. The fourth-order valence-corrected chi connectivity index (χ4v) is 3.79.